The minimum atomic E-state index is -1.27. The second kappa shape index (κ2) is 6.13. The van der Waals surface area contributed by atoms with Crippen LogP contribution in [0.3, 0.4) is 0 Å². The molecule has 0 aliphatic heterocycles. The Balaban J connectivity index is 1.80. The predicted octanol–water partition coefficient (Wildman–Crippen LogP) is 1.33. The van der Waals surface area contributed by atoms with Crippen LogP contribution in [-0.2, 0) is 17.6 Å². The highest BCUT2D eigenvalue weighted by atomic mass is 16.4. The zero-order chi connectivity index (χ0) is 15.5. The summed E-state index contributed by atoms with van der Waals surface area (Å²) in [5, 5.41) is 11.3. The first kappa shape index (κ1) is 14.5. The first-order valence-corrected chi connectivity index (χ1v) is 7.48. The molecule has 0 saturated heterocycles. The molecule has 1 aromatic heterocycles. The molecule has 1 aliphatic rings. The molecule has 114 valence electrons. The molecular weight excluding hydrogens is 280 g/mol. The van der Waals surface area contributed by atoms with Crippen LogP contribution in [0.4, 0.5) is 0 Å². The second-order valence-electron chi connectivity index (χ2n) is 5.66. The number of carbonyl (C=O) groups excluding carboxylic acids is 2. The van der Waals surface area contributed by atoms with Crippen molar-refractivity contribution in [3.05, 3.63) is 53.6 Å². The number of benzene rings is 1. The maximum Gasteiger partial charge on any atom is 0.165 e. The maximum atomic E-state index is 12.4. The highest BCUT2D eigenvalue weighted by Crippen LogP contribution is 2.24. The third-order valence-electron chi connectivity index (χ3n) is 4.21. The topological polar surface area (TPSA) is 75.0 Å². The molecule has 5 heteroatoms. The smallest absolute Gasteiger partial charge is 0.165 e. The molecule has 3 rings (SSSR count). The number of aliphatic carboxylic acids is 1. The van der Waals surface area contributed by atoms with Crippen molar-refractivity contribution in [2.75, 3.05) is 0 Å². The normalized spacial score (nSPS) is 15.1. The maximum absolute atomic E-state index is 12.4. The van der Waals surface area contributed by atoms with E-state index in [-0.39, 0.29) is 12.2 Å². The van der Waals surface area contributed by atoms with E-state index in [0.29, 0.717) is 5.56 Å². The average molecular weight is 297 g/mol. The Bertz CT molecular complexity index is 692. The summed E-state index contributed by atoms with van der Waals surface area (Å²) in [6.45, 7) is 0. The van der Waals surface area contributed by atoms with Crippen LogP contribution in [0, 0.1) is 0 Å². The van der Waals surface area contributed by atoms with Gasteiger partial charge in [-0.15, -0.1) is 0 Å². The van der Waals surface area contributed by atoms with Crippen molar-refractivity contribution in [3.8, 4) is 0 Å². The fourth-order valence-corrected chi connectivity index (χ4v) is 2.96. The number of Topliss-reactive ketones (excluding diaryl/α,β-unsaturated/α-hetero) is 1. The van der Waals surface area contributed by atoms with Crippen molar-refractivity contribution in [1.29, 1.82) is 0 Å². The molecule has 0 saturated carbocycles. The van der Waals surface area contributed by atoms with Crippen molar-refractivity contribution >= 4 is 11.8 Å². The Kier molecular flexibility index (Phi) is 4.04. The quantitative estimate of drug-likeness (QED) is 0.780. The summed E-state index contributed by atoms with van der Waals surface area (Å²) in [6.07, 6.45) is 8.65. The minimum absolute atomic E-state index is 0.128. The van der Waals surface area contributed by atoms with Gasteiger partial charge in [-0.05, 0) is 42.9 Å². The van der Waals surface area contributed by atoms with Gasteiger partial charge in [0, 0.05) is 24.4 Å². The second-order valence-corrected chi connectivity index (χ2v) is 5.66. The number of aryl methyl sites for hydroxylation is 2. The number of carboxylic acids is 1. The molecular formula is C17H17N2O3-. The van der Waals surface area contributed by atoms with Crippen LogP contribution in [-0.4, -0.2) is 21.3 Å². The lowest BCUT2D eigenvalue weighted by Gasteiger charge is -2.20. The van der Waals surface area contributed by atoms with Gasteiger partial charge in [-0.25, -0.2) is 4.98 Å². The molecule has 2 aromatic rings. The first-order valence-electron chi connectivity index (χ1n) is 7.48. The largest absolute Gasteiger partial charge is 0.548 e. The Hall–Kier alpha value is -2.43. The van der Waals surface area contributed by atoms with Crippen LogP contribution in [0.25, 0.3) is 0 Å². The zero-order valence-electron chi connectivity index (χ0n) is 12.2. The van der Waals surface area contributed by atoms with E-state index in [1.807, 2.05) is 12.1 Å². The van der Waals surface area contributed by atoms with Gasteiger partial charge in [0.15, 0.2) is 5.78 Å². The lowest BCUT2D eigenvalue weighted by Crippen LogP contribution is -2.34. The number of aromatic nitrogens is 2. The van der Waals surface area contributed by atoms with Crippen molar-refractivity contribution < 1.29 is 14.7 Å². The summed E-state index contributed by atoms with van der Waals surface area (Å²) in [6, 6.07) is 4.68. The van der Waals surface area contributed by atoms with Crippen LogP contribution >= 0.6 is 0 Å². The van der Waals surface area contributed by atoms with Crippen molar-refractivity contribution in [1.82, 2.24) is 9.55 Å². The van der Waals surface area contributed by atoms with Crippen LogP contribution in [0.5, 0.6) is 0 Å². The Morgan fingerprint density at radius 1 is 1.23 bits per heavy atom. The number of ketones is 1. The van der Waals surface area contributed by atoms with Gasteiger partial charge in [0.2, 0.25) is 0 Å². The molecule has 0 N–H and O–H groups in total. The van der Waals surface area contributed by atoms with E-state index >= 15 is 0 Å². The molecule has 1 aliphatic carbocycles. The number of carboxylic acid groups (broad SMARTS) is 1. The summed E-state index contributed by atoms with van der Waals surface area (Å²) < 4.78 is 1.39. The van der Waals surface area contributed by atoms with Gasteiger partial charge in [0.1, 0.15) is 0 Å². The van der Waals surface area contributed by atoms with Gasteiger partial charge in [-0.3, -0.25) is 4.79 Å². The van der Waals surface area contributed by atoms with Crippen molar-refractivity contribution in [3.63, 3.8) is 0 Å². The molecule has 1 aromatic carbocycles. The summed E-state index contributed by atoms with van der Waals surface area (Å²) in [4.78, 5) is 27.5. The lowest BCUT2D eigenvalue weighted by molar-refractivity contribution is -0.310. The summed E-state index contributed by atoms with van der Waals surface area (Å²) in [5.74, 6) is -1.46. The van der Waals surface area contributed by atoms with Crippen molar-refractivity contribution in [2.24, 2.45) is 0 Å². The Morgan fingerprint density at radius 3 is 2.68 bits per heavy atom. The zero-order valence-corrected chi connectivity index (χ0v) is 12.2. The van der Waals surface area contributed by atoms with Crippen LogP contribution < -0.4 is 5.11 Å². The van der Waals surface area contributed by atoms with E-state index in [0.717, 1.165) is 19.3 Å². The lowest BCUT2D eigenvalue weighted by atomic mass is 9.89. The molecule has 1 heterocycles. The molecule has 0 spiro atoms. The third-order valence-corrected chi connectivity index (χ3v) is 4.21. The number of imidazole rings is 1. The van der Waals surface area contributed by atoms with Gasteiger partial charge in [0.05, 0.1) is 18.3 Å². The monoisotopic (exact) mass is 297 g/mol. The van der Waals surface area contributed by atoms with Gasteiger partial charge < -0.3 is 14.5 Å². The Morgan fingerprint density at radius 2 is 2.00 bits per heavy atom. The number of hydrogen-bond acceptors (Lipinski definition) is 4. The summed E-state index contributed by atoms with van der Waals surface area (Å²) in [5.41, 5.74) is 3.09. The number of nitrogens with zero attached hydrogens (tertiary/aromatic N) is 2. The Labute approximate surface area is 128 Å². The van der Waals surface area contributed by atoms with Crippen LogP contribution in [0.15, 0.2) is 36.9 Å². The fourth-order valence-electron chi connectivity index (χ4n) is 2.96. The molecule has 0 fully saturated rings. The molecule has 0 amide bonds. The molecule has 5 nitrogen and oxygen atoms in total. The molecule has 1 atom stereocenters. The van der Waals surface area contributed by atoms with E-state index in [9.17, 15) is 14.7 Å². The van der Waals surface area contributed by atoms with Crippen LogP contribution in [0.2, 0.25) is 0 Å². The number of rotatable bonds is 5. The number of hydrogen-bond donors (Lipinski definition) is 0. The first-order chi connectivity index (χ1) is 10.6. The van der Waals surface area contributed by atoms with E-state index in [1.54, 1.807) is 6.07 Å². The SMILES string of the molecule is O=C(C[C@H](C(=O)[O-])n1ccnc1)c1ccc2c(c1)CCCC2. The van der Waals surface area contributed by atoms with E-state index in [2.05, 4.69) is 4.98 Å². The summed E-state index contributed by atoms with van der Waals surface area (Å²) >= 11 is 0. The standard InChI is InChI=1S/C17H18N2O3/c20-16(10-15(17(21)22)19-8-7-18-11-19)14-6-5-12-3-1-2-4-13(12)9-14/h5-9,11,15H,1-4,10H2,(H,21,22)/p-1/t15-/m1/s1. The molecule has 0 bridgehead atoms. The minimum Gasteiger partial charge on any atom is -0.548 e. The van der Waals surface area contributed by atoms with Crippen molar-refractivity contribution in [2.45, 2.75) is 38.1 Å². The number of carbonyl (C=O) groups is 2. The van der Waals surface area contributed by atoms with E-state index in [1.165, 1.54) is 40.8 Å². The summed E-state index contributed by atoms with van der Waals surface area (Å²) in [7, 11) is 0. The van der Waals surface area contributed by atoms with Gasteiger partial charge >= 0.3 is 0 Å². The average Bonchev–Trinajstić information content (AvgIpc) is 3.05. The van der Waals surface area contributed by atoms with Crippen LogP contribution in [0.1, 0.15) is 46.8 Å². The van der Waals surface area contributed by atoms with Gasteiger partial charge in [0.25, 0.3) is 0 Å². The van der Waals surface area contributed by atoms with Gasteiger partial charge in [-0.2, -0.15) is 0 Å². The molecule has 0 unspecified atom stereocenters. The fraction of sp³-hybridized carbons (Fsp3) is 0.353. The van der Waals surface area contributed by atoms with E-state index in [4.69, 9.17) is 0 Å². The molecule has 0 radical (unpaired) electrons. The highest BCUT2D eigenvalue weighted by molar-refractivity contribution is 5.98. The third kappa shape index (κ3) is 2.93. The molecule has 22 heavy (non-hydrogen) atoms. The van der Waals surface area contributed by atoms with Gasteiger partial charge in [-0.1, -0.05) is 12.1 Å². The number of fused-ring (bicyclic) bond motifs is 1. The highest BCUT2D eigenvalue weighted by Gasteiger charge is 2.19. The van der Waals surface area contributed by atoms with E-state index < -0.39 is 12.0 Å². The predicted molar refractivity (Wildman–Crippen MR) is 78.3 cm³/mol.